The van der Waals surface area contributed by atoms with Crippen LogP contribution in [0.4, 0.5) is 0 Å². The standard InChI is InChI=1S/C18H16N2O2/c19-10-1-2-12-22-17-7-3-5-15(13-17)8-9-18(21)16-6-4-11-20-14-16/h3-9,11,13-14H,1-2,12H2/b9-8-. The van der Waals surface area contributed by atoms with Crippen LogP contribution in [0.1, 0.15) is 28.8 Å². The number of rotatable bonds is 7. The van der Waals surface area contributed by atoms with Gasteiger partial charge in [0.25, 0.3) is 0 Å². The van der Waals surface area contributed by atoms with Crippen molar-refractivity contribution in [1.82, 2.24) is 4.98 Å². The molecule has 1 aromatic heterocycles. The number of carbonyl (C=O) groups excluding carboxylic acids is 1. The first-order valence-electron chi connectivity index (χ1n) is 7.02. The van der Waals surface area contributed by atoms with Gasteiger partial charge >= 0.3 is 0 Å². The molecule has 0 spiro atoms. The number of aromatic nitrogens is 1. The number of benzene rings is 1. The fraction of sp³-hybridized carbons (Fsp3) is 0.167. The van der Waals surface area contributed by atoms with Gasteiger partial charge in [0.05, 0.1) is 12.7 Å². The molecule has 0 bridgehead atoms. The summed E-state index contributed by atoms with van der Waals surface area (Å²) in [5, 5.41) is 8.47. The Morgan fingerprint density at radius 2 is 2.23 bits per heavy atom. The number of carbonyl (C=O) groups is 1. The fourth-order valence-corrected chi connectivity index (χ4v) is 1.83. The summed E-state index contributed by atoms with van der Waals surface area (Å²) in [5.74, 6) is 0.641. The monoisotopic (exact) mass is 292 g/mol. The van der Waals surface area contributed by atoms with Crippen LogP contribution in [0.3, 0.4) is 0 Å². The summed E-state index contributed by atoms with van der Waals surface area (Å²) < 4.78 is 5.56. The maximum atomic E-state index is 12.0. The van der Waals surface area contributed by atoms with Crippen LogP contribution in [0.5, 0.6) is 5.75 Å². The van der Waals surface area contributed by atoms with Crippen molar-refractivity contribution in [3.8, 4) is 11.8 Å². The molecule has 0 aliphatic carbocycles. The highest BCUT2D eigenvalue weighted by Gasteiger charge is 2.01. The molecule has 2 aromatic rings. The first-order chi connectivity index (χ1) is 10.8. The van der Waals surface area contributed by atoms with Gasteiger partial charge in [-0.3, -0.25) is 9.78 Å². The van der Waals surface area contributed by atoms with Crippen molar-refractivity contribution in [2.24, 2.45) is 0 Å². The van der Waals surface area contributed by atoms with Gasteiger partial charge in [-0.15, -0.1) is 0 Å². The Hall–Kier alpha value is -2.93. The molecule has 22 heavy (non-hydrogen) atoms. The van der Waals surface area contributed by atoms with E-state index >= 15 is 0 Å². The van der Waals surface area contributed by atoms with E-state index in [4.69, 9.17) is 10.00 Å². The number of hydrogen-bond donors (Lipinski definition) is 0. The van der Waals surface area contributed by atoms with E-state index in [1.165, 1.54) is 6.08 Å². The SMILES string of the molecule is N#CCCCOc1cccc(/C=C\C(=O)c2cccnc2)c1. The second kappa shape index (κ2) is 8.38. The van der Waals surface area contributed by atoms with Gasteiger partial charge in [0.1, 0.15) is 5.75 Å². The number of hydrogen-bond acceptors (Lipinski definition) is 4. The first kappa shape index (κ1) is 15.5. The number of pyridine rings is 1. The predicted molar refractivity (Wildman–Crippen MR) is 84.4 cm³/mol. The Labute approximate surface area is 129 Å². The molecule has 0 unspecified atom stereocenters. The lowest BCUT2D eigenvalue weighted by atomic mass is 10.1. The summed E-state index contributed by atoms with van der Waals surface area (Å²) in [5.41, 5.74) is 1.44. The molecule has 4 nitrogen and oxygen atoms in total. The van der Waals surface area contributed by atoms with Crippen molar-refractivity contribution in [1.29, 1.82) is 5.26 Å². The Balaban J connectivity index is 1.96. The van der Waals surface area contributed by atoms with Gasteiger partial charge in [0, 0.05) is 24.4 Å². The summed E-state index contributed by atoms with van der Waals surface area (Å²) in [6.45, 7) is 0.509. The van der Waals surface area contributed by atoms with Crippen LogP contribution in [0.25, 0.3) is 6.08 Å². The highest BCUT2D eigenvalue weighted by atomic mass is 16.5. The van der Waals surface area contributed by atoms with E-state index in [2.05, 4.69) is 11.1 Å². The number of ether oxygens (including phenoxy) is 1. The zero-order chi connectivity index (χ0) is 15.6. The summed E-state index contributed by atoms with van der Waals surface area (Å²) in [4.78, 5) is 15.9. The molecule has 0 amide bonds. The highest BCUT2D eigenvalue weighted by molar-refractivity contribution is 6.06. The van der Waals surface area contributed by atoms with Crippen molar-refractivity contribution < 1.29 is 9.53 Å². The third kappa shape index (κ3) is 4.88. The van der Waals surface area contributed by atoms with Crippen molar-refractivity contribution >= 4 is 11.9 Å². The Kier molecular flexibility index (Phi) is 5.89. The number of nitrogens with zero attached hydrogens (tertiary/aromatic N) is 2. The van der Waals surface area contributed by atoms with Gasteiger partial charge in [-0.05, 0) is 42.3 Å². The molecule has 0 atom stereocenters. The molecule has 0 aliphatic rings. The minimum Gasteiger partial charge on any atom is -0.494 e. The van der Waals surface area contributed by atoms with Gasteiger partial charge in [0.2, 0.25) is 0 Å². The minimum absolute atomic E-state index is 0.0894. The average molecular weight is 292 g/mol. The van der Waals surface area contributed by atoms with Crippen molar-refractivity contribution in [2.45, 2.75) is 12.8 Å². The highest BCUT2D eigenvalue weighted by Crippen LogP contribution is 2.15. The zero-order valence-corrected chi connectivity index (χ0v) is 12.1. The summed E-state index contributed by atoms with van der Waals surface area (Å²) in [6.07, 6.45) is 7.63. The number of unbranched alkanes of at least 4 members (excludes halogenated alkanes) is 1. The largest absolute Gasteiger partial charge is 0.494 e. The molecule has 2 rings (SSSR count). The zero-order valence-electron chi connectivity index (χ0n) is 12.1. The topological polar surface area (TPSA) is 63.0 Å². The lowest BCUT2D eigenvalue weighted by Gasteiger charge is -2.05. The second-order valence-electron chi connectivity index (χ2n) is 4.62. The minimum atomic E-state index is -0.0894. The molecule has 0 radical (unpaired) electrons. The number of nitriles is 1. The van der Waals surface area contributed by atoms with E-state index in [-0.39, 0.29) is 5.78 Å². The van der Waals surface area contributed by atoms with E-state index < -0.39 is 0 Å². The molecule has 0 aliphatic heterocycles. The third-order valence-electron chi connectivity index (χ3n) is 2.93. The van der Waals surface area contributed by atoms with Crippen LogP contribution in [0, 0.1) is 11.3 Å². The van der Waals surface area contributed by atoms with Crippen LogP contribution in [0.15, 0.2) is 54.9 Å². The molecule has 1 aromatic carbocycles. The van der Waals surface area contributed by atoms with Crippen molar-refractivity contribution in [2.75, 3.05) is 6.61 Å². The molecule has 1 heterocycles. The van der Waals surface area contributed by atoms with Gasteiger partial charge in [-0.2, -0.15) is 5.26 Å². The Morgan fingerprint density at radius 1 is 1.32 bits per heavy atom. The predicted octanol–water partition coefficient (Wildman–Crippen LogP) is 3.66. The molecular formula is C18H16N2O2. The third-order valence-corrected chi connectivity index (χ3v) is 2.93. The quantitative estimate of drug-likeness (QED) is 0.444. The van der Waals surface area contributed by atoms with Gasteiger partial charge in [-0.1, -0.05) is 18.2 Å². The Bertz CT molecular complexity index is 688. The van der Waals surface area contributed by atoms with Gasteiger partial charge in [-0.25, -0.2) is 0 Å². The second-order valence-corrected chi connectivity index (χ2v) is 4.62. The van der Waals surface area contributed by atoms with E-state index in [1.807, 2.05) is 24.3 Å². The molecule has 0 saturated heterocycles. The smallest absolute Gasteiger partial charge is 0.187 e. The van der Waals surface area contributed by atoms with E-state index in [0.717, 1.165) is 11.3 Å². The molecule has 0 saturated carbocycles. The molecule has 4 heteroatoms. The molecule has 110 valence electrons. The first-order valence-corrected chi connectivity index (χ1v) is 7.02. The molecule has 0 fully saturated rings. The summed E-state index contributed by atoms with van der Waals surface area (Å²) in [7, 11) is 0. The maximum Gasteiger partial charge on any atom is 0.187 e. The van der Waals surface area contributed by atoms with Gasteiger partial charge in [0.15, 0.2) is 5.78 Å². The van der Waals surface area contributed by atoms with Gasteiger partial charge < -0.3 is 4.74 Å². The van der Waals surface area contributed by atoms with Crippen molar-refractivity contribution in [3.05, 3.63) is 66.0 Å². The number of allylic oxidation sites excluding steroid dienone is 1. The van der Waals surface area contributed by atoms with E-state index in [1.54, 1.807) is 30.6 Å². The summed E-state index contributed by atoms with van der Waals surface area (Å²) in [6, 6.07) is 13.0. The molecule has 0 N–H and O–H groups in total. The van der Waals surface area contributed by atoms with Crippen molar-refractivity contribution in [3.63, 3.8) is 0 Å². The van der Waals surface area contributed by atoms with Crippen LogP contribution in [-0.4, -0.2) is 17.4 Å². The lowest BCUT2D eigenvalue weighted by Crippen LogP contribution is -1.97. The fourth-order valence-electron chi connectivity index (χ4n) is 1.83. The molecular weight excluding hydrogens is 276 g/mol. The maximum absolute atomic E-state index is 12.0. The van der Waals surface area contributed by atoms with Crippen LogP contribution in [-0.2, 0) is 0 Å². The number of ketones is 1. The average Bonchev–Trinajstić information content (AvgIpc) is 2.58. The van der Waals surface area contributed by atoms with E-state index in [9.17, 15) is 4.79 Å². The van der Waals surface area contributed by atoms with Crippen LogP contribution in [0.2, 0.25) is 0 Å². The summed E-state index contributed by atoms with van der Waals surface area (Å²) >= 11 is 0. The Morgan fingerprint density at radius 3 is 3.00 bits per heavy atom. The normalized spacial score (nSPS) is 10.3. The van der Waals surface area contributed by atoms with E-state index in [0.29, 0.717) is 25.0 Å². The lowest BCUT2D eigenvalue weighted by molar-refractivity contribution is 0.104. The van der Waals surface area contributed by atoms with Crippen LogP contribution < -0.4 is 4.74 Å². The van der Waals surface area contributed by atoms with Crippen LogP contribution >= 0.6 is 0 Å².